The van der Waals surface area contributed by atoms with Crippen LogP contribution in [-0.2, 0) is 14.8 Å². The third kappa shape index (κ3) is 4.38. The van der Waals surface area contributed by atoms with Crippen molar-refractivity contribution in [1.82, 2.24) is 14.5 Å². The van der Waals surface area contributed by atoms with Gasteiger partial charge in [0, 0.05) is 27.8 Å². The first-order valence-corrected chi connectivity index (χ1v) is 11.4. The maximum atomic E-state index is 13.3. The molecular weight excluding hydrogens is 495 g/mol. The summed E-state index contributed by atoms with van der Waals surface area (Å²) in [4.78, 5) is 39.2. The molecule has 0 unspecified atom stereocenters. The number of anilines is 1. The third-order valence-corrected chi connectivity index (χ3v) is 6.91. The molecule has 4 rings (SSSR count). The molecule has 0 atom stereocenters. The average molecular weight is 509 g/mol. The summed E-state index contributed by atoms with van der Waals surface area (Å²) in [5.74, 6) is -1.37. The maximum Gasteiger partial charge on any atom is 0.325 e. The van der Waals surface area contributed by atoms with Crippen molar-refractivity contribution < 1.29 is 18.3 Å². The first-order valence-electron chi connectivity index (χ1n) is 9.20. The highest BCUT2D eigenvalue weighted by atomic mass is 35.5. The van der Waals surface area contributed by atoms with Crippen molar-refractivity contribution in [2.75, 3.05) is 10.8 Å². The Morgan fingerprint density at radius 1 is 1.06 bits per heavy atom. The number of fused-ring (bicyclic) bond motifs is 1. The molecule has 170 valence electrons. The molecule has 0 fully saturated rings. The largest absolute Gasteiger partial charge is 0.480 e. The van der Waals surface area contributed by atoms with E-state index in [-0.39, 0.29) is 26.3 Å². The van der Waals surface area contributed by atoms with E-state index in [9.17, 15) is 27.9 Å². The molecule has 0 aliphatic rings. The molecule has 0 bridgehead atoms. The van der Waals surface area contributed by atoms with Gasteiger partial charge in [-0.2, -0.15) is 0 Å². The summed E-state index contributed by atoms with van der Waals surface area (Å²) in [7, 11) is -4.34. The summed E-state index contributed by atoms with van der Waals surface area (Å²) in [5, 5.41) is 10.0. The normalized spacial score (nSPS) is 11.6. The third-order valence-electron chi connectivity index (χ3n) is 4.72. The van der Waals surface area contributed by atoms with Crippen LogP contribution >= 0.6 is 23.2 Å². The number of sulfonamides is 1. The number of rotatable bonds is 6. The number of halogens is 2. The van der Waals surface area contributed by atoms with Crippen molar-refractivity contribution >= 4 is 55.8 Å². The lowest BCUT2D eigenvalue weighted by atomic mass is 10.2. The minimum absolute atomic E-state index is 0.0779. The second-order valence-corrected chi connectivity index (χ2v) is 9.63. The van der Waals surface area contributed by atoms with Crippen molar-refractivity contribution in [3.8, 4) is 5.69 Å². The quantitative estimate of drug-likeness (QED) is 0.364. The van der Waals surface area contributed by atoms with Crippen LogP contribution in [0.4, 0.5) is 5.69 Å². The van der Waals surface area contributed by atoms with Crippen LogP contribution in [0.5, 0.6) is 0 Å². The number of aromatic nitrogens is 3. The van der Waals surface area contributed by atoms with E-state index >= 15 is 0 Å². The molecule has 0 saturated heterocycles. The summed E-state index contributed by atoms with van der Waals surface area (Å²) in [6.07, 6.45) is 2.81. The number of H-pyrrole nitrogens is 2. The van der Waals surface area contributed by atoms with Crippen molar-refractivity contribution in [3.05, 3.63) is 85.7 Å². The number of hydrogen-bond donors (Lipinski definition) is 3. The van der Waals surface area contributed by atoms with Crippen LogP contribution in [0, 0.1) is 0 Å². The lowest BCUT2D eigenvalue weighted by Gasteiger charge is -2.23. The van der Waals surface area contributed by atoms with Gasteiger partial charge in [-0.15, -0.1) is 0 Å². The fraction of sp³-hybridized carbons (Fsp3) is 0.0500. The zero-order valence-corrected chi connectivity index (χ0v) is 18.8. The molecule has 0 radical (unpaired) electrons. The fourth-order valence-corrected chi connectivity index (χ4v) is 5.45. The molecule has 0 spiro atoms. The second-order valence-electron chi connectivity index (χ2n) is 6.90. The van der Waals surface area contributed by atoms with Crippen LogP contribution in [0.25, 0.3) is 16.6 Å². The van der Waals surface area contributed by atoms with E-state index in [1.54, 1.807) is 12.3 Å². The predicted octanol–water partition coefficient (Wildman–Crippen LogP) is 2.59. The van der Waals surface area contributed by atoms with E-state index in [0.29, 0.717) is 10.9 Å². The van der Waals surface area contributed by atoms with Crippen LogP contribution in [-0.4, -0.2) is 40.6 Å². The number of carbonyl (C=O) groups is 1. The minimum atomic E-state index is -4.34. The number of benzene rings is 2. The van der Waals surface area contributed by atoms with Crippen molar-refractivity contribution in [1.29, 1.82) is 0 Å². The summed E-state index contributed by atoms with van der Waals surface area (Å²) in [5.41, 5.74) is -0.531. The molecule has 2 heterocycles. The lowest BCUT2D eigenvalue weighted by Crippen LogP contribution is -2.35. The predicted molar refractivity (Wildman–Crippen MR) is 123 cm³/mol. The molecule has 3 N–H and O–H groups in total. The van der Waals surface area contributed by atoms with Crippen LogP contribution in [0.3, 0.4) is 0 Å². The summed E-state index contributed by atoms with van der Waals surface area (Å²) in [6, 6.07) is 9.74. The minimum Gasteiger partial charge on any atom is -0.480 e. The van der Waals surface area contributed by atoms with E-state index in [1.165, 1.54) is 47.2 Å². The standard InChI is InChI=1S/C20H14Cl2N4O6S/c21-12-6-13(22)8-15(7-12)33(31,32)26(10-18(27)28)14-1-2-16-11(5-14)3-4-25(16)17-9-23-20(30)24-19(17)29/h1-9H,10H2,(H,27,28)(H2,23,24,29,30). The van der Waals surface area contributed by atoms with Gasteiger partial charge in [0.2, 0.25) is 0 Å². The molecule has 10 nitrogen and oxygen atoms in total. The Kier molecular flexibility index (Phi) is 5.78. The highest BCUT2D eigenvalue weighted by Crippen LogP contribution is 2.30. The Morgan fingerprint density at radius 2 is 1.76 bits per heavy atom. The number of carboxylic acid groups (broad SMARTS) is 1. The molecular formula is C20H14Cl2N4O6S. The van der Waals surface area contributed by atoms with Crippen molar-refractivity contribution in [2.45, 2.75) is 4.90 Å². The van der Waals surface area contributed by atoms with E-state index < -0.39 is 33.8 Å². The van der Waals surface area contributed by atoms with Crippen LogP contribution < -0.4 is 15.6 Å². The van der Waals surface area contributed by atoms with Crippen molar-refractivity contribution in [3.63, 3.8) is 0 Å². The Bertz CT molecular complexity index is 1600. The number of nitrogens with one attached hydrogen (secondary N) is 2. The van der Waals surface area contributed by atoms with Crippen LogP contribution in [0.1, 0.15) is 0 Å². The van der Waals surface area contributed by atoms with Gasteiger partial charge in [0.15, 0.2) is 0 Å². The van der Waals surface area contributed by atoms with Crippen LogP contribution in [0.15, 0.2) is 69.3 Å². The maximum absolute atomic E-state index is 13.3. The van der Waals surface area contributed by atoms with Gasteiger partial charge in [0.05, 0.1) is 16.1 Å². The Morgan fingerprint density at radius 3 is 2.39 bits per heavy atom. The van der Waals surface area contributed by atoms with Gasteiger partial charge in [-0.05, 0) is 42.5 Å². The molecule has 0 saturated carbocycles. The average Bonchev–Trinajstić information content (AvgIpc) is 3.14. The molecule has 0 aliphatic heterocycles. The monoisotopic (exact) mass is 508 g/mol. The zero-order valence-electron chi connectivity index (χ0n) is 16.5. The Labute approximate surface area is 195 Å². The first kappa shape index (κ1) is 22.6. The lowest BCUT2D eigenvalue weighted by molar-refractivity contribution is -0.135. The zero-order chi connectivity index (χ0) is 23.9. The van der Waals surface area contributed by atoms with E-state index in [4.69, 9.17) is 23.2 Å². The topological polar surface area (TPSA) is 145 Å². The molecule has 4 aromatic rings. The van der Waals surface area contributed by atoms with Gasteiger partial charge >= 0.3 is 11.7 Å². The van der Waals surface area contributed by atoms with Gasteiger partial charge in [-0.1, -0.05) is 23.2 Å². The number of hydrogen-bond acceptors (Lipinski definition) is 5. The molecule has 2 aromatic carbocycles. The number of carboxylic acids is 1. The number of aromatic amines is 2. The molecule has 2 aromatic heterocycles. The molecule has 13 heteroatoms. The molecule has 33 heavy (non-hydrogen) atoms. The fourth-order valence-electron chi connectivity index (χ4n) is 3.32. The SMILES string of the molecule is O=C(O)CN(c1ccc2c(ccn2-c2c[nH]c(=O)[nH]c2=O)c1)S(=O)(=O)c1cc(Cl)cc(Cl)c1. The summed E-state index contributed by atoms with van der Waals surface area (Å²) >= 11 is 11.9. The molecule has 0 amide bonds. The van der Waals surface area contributed by atoms with Gasteiger partial charge in [0.25, 0.3) is 15.6 Å². The van der Waals surface area contributed by atoms with E-state index in [0.717, 1.165) is 4.31 Å². The van der Waals surface area contributed by atoms with E-state index in [1.807, 2.05) is 0 Å². The van der Waals surface area contributed by atoms with Gasteiger partial charge < -0.3 is 14.7 Å². The highest BCUT2D eigenvalue weighted by molar-refractivity contribution is 7.92. The Balaban J connectivity index is 1.84. The first-order chi connectivity index (χ1) is 15.6. The summed E-state index contributed by atoms with van der Waals surface area (Å²) in [6.45, 7) is -0.849. The van der Waals surface area contributed by atoms with E-state index in [2.05, 4.69) is 9.97 Å². The summed E-state index contributed by atoms with van der Waals surface area (Å²) < 4.78 is 28.8. The molecule has 0 aliphatic carbocycles. The smallest absolute Gasteiger partial charge is 0.325 e. The number of aliphatic carboxylic acids is 1. The van der Waals surface area contributed by atoms with Gasteiger partial charge in [-0.25, -0.2) is 13.2 Å². The highest BCUT2D eigenvalue weighted by Gasteiger charge is 2.28. The van der Waals surface area contributed by atoms with Crippen molar-refractivity contribution in [2.24, 2.45) is 0 Å². The second kappa shape index (κ2) is 8.43. The van der Waals surface area contributed by atoms with Gasteiger partial charge in [-0.3, -0.25) is 18.9 Å². The number of nitrogens with zero attached hydrogens (tertiary/aromatic N) is 2. The Hall–Kier alpha value is -3.54. The van der Waals surface area contributed by atoms with Crippen LogP contribution in [0.2, 0.25) is 10.0 Å². The van der Waals surface area contributed by atoms with Gasteiger partial charge in [0.1, 0.15) is 12.2 Å².